The maximum atomic E-state index is 5.60. The first kappa shape index (κ1) is 14.1. The molecule has 0 aromatic heterocycles. The molecule has 0 atom stereocenters. The molecule has 0 radical (unpaired) electrons. The molecule has 2 rings (SSSR count). The van der Waals surface area contributed by atoms with Crippen molar-refractivity contribution < 1.29 is 9.47 Å². The van der Waals surface area contributed by atoms with E-state index in [-0.39, 0.29) is 6.29 Å². The minimum Gasteiger partial charge on any atom is -0.455 e. The zero-order valence-corrected chi connectivity index (χ0v) is 10.7. The summed E-state index contributed by atoms with van der Waals surface area (Å²) in [5.74, 6) is 1.62. The van der Waals surface area contributed by atoms with Gasteiger partial charge in [0.2, 0.25) is 6.29 Å². The molecule has 2 aromatic carbocycles. The van der Waals surface area contributed by atoms with E-state index in [2.05, 4.69) is 5.73 Å². The molecule has 0 aliphatic heterocycles. The average Bonchev–Trinajstić information content (AvgIpc) is 2.43. The summed E-state index contributed by atoms with van der Waals surface area (Å²) in [6, 6.07) is 19.3. The Morgan fingerprint density at radius 3 is 1.39 bits per heavy atom. The van der Waals surface area contributed by atoms with Crippen molar-refractivity contribution in [3.8, 4) is 11.5 Å². The summed E-state index contributed by atoms with van der Waals surface area (Å²) in [7, 11) is 1.50. The highest BCUT2D eigenvalue weighted by Crippen LogP contribution is 2.15. The lowest BCUT2D eigenvalue weighted by Gasteiger charge is -2.16. The molecule has 0 saturated carbocycles. The fourth-order valence-corrected chi connectivity index (χ4v) is 1.41. The van der Waals surface area contributed by atoms with E-state index in [1.807, 2.05) is 67.6 Å². The van der Waals surface area contributed by atoms with E-state index in [0.717, 1.165) is 11.5 Å². The monoisotopic (exact) mass is 245 g/mol. The molecule has 0 spiro atoms. The third kappa shape index (κ3) is 4.89. The van der Waals surface area contributed by atoms with Crippen LogP contribution in [0.25, 0.3) is 0 Å². The highest BCUT2D eigenvalue weighted by molar-refractivity contribution is 5.22. The Kier molecular flexibility index (Phi) is 6.36. The average molecular weight is 245 g/mol. The second-order valence-corrected chi connectivity index (χ2v) is 3.43. The summed E-state index contributed by atoms with van der Waals surface area (Å²) in [6.45, 7) is 1.88. The van der Waals surface area contributed by atoms with Gasteiger partial charge in [-0.25, -0.2) is 0 Å². The van der Waals surface area contributed by atoms with Gasteiger partial charge in [0.1, 0.15) is 11.5 Å². The Morgan fingerprint density at radius 1 is 0.722 bits per heavy atom. The van der Waals surface area contributed by atoms with Crippen molar-refractivity contribution in [1.82, 2.24) is 0 Å². The van der Waals surface area contributed by atoms with Crippen LogP contribution in [0.1, 0.15) is 6.92 Å². The van der Waals surface area contributed by atoms with Gasteiger partial charge < -0.3 is 15.2 Å². The summed E-state index contributed by atoms with van der Waals surface area (Å²) in [4.78, 5) is 0. The predicted molar refractivity (Wildman–Crippen MR) is 73.7 cm³/mol. The molecule has 3 nitrogen and oxygen atoms in total. The normalized spacial score (nSPS) is 9.33. The van der Waals surface area contributed by atoms with Gasteiger partial charge in [-0.2, -0.15) is 0 Å². The smallest absolute Gasteiger partial charge is 0.238 e. The number of ether oxygens (including phenoxy) is 2. The number of para-hydroxylation sites is 2. The summed E-state index contributed by atoms with van der Waals surface area (Å²) in [6.07, 6.45) is -0.301. The van der Waals surface area contributed by atoms with Crippen LogP contribution in [0.15, 0.2) is 60.7 Å². The van der Waals surface area contributed by atoms with Crippen LogP contribution in [0.3, 0.4) is 0 Å². The number of nitrogens with two attached hydrogens (primary N) is 1. The van der Waals surface area contributed by atoms with Crippen molar-refractivity contribution in [2.75, 3.05) is 7.05 Å². The second kappa shape index (κ2) is 8.14. The largest absolute Gasteiger partial charge is 0.455 e. The van der Waals surface area contributed by atoms with Crippen LogP contribution in [0.2, 0.25) is 0 Å². The van der Waals surface area contributed by atoms with E-state index >= 15 is 0 Å². The maximum absolute atomic E-state index is 5.60. The van der Waals surface area contributed by atoms with E-state index in [4.69, 9.17) is 9.47 Å². The first-order valence-electron chi connectivity index (χ1n) is 5.86. The fourth-order valence-electron chi connectivity index (χ4n) is 1.41. The van der Waals surface area contributed by atoms with Gasteiger partial charge in [-0.1, -0.05) is 36.4 Å². The van der Waals surface area contributed by atoms with Gasteiger partial charge in [0, 0.05) is 6.92 Å². The Bertz CT molecular complexity index is 376. The van der Waals surface area contributed by atoms with E-state index in [0.29, 0.717) is 0 Å². The van der Waals surface area contributed by atoms with Crippen LogP contribution >= 0.6 is 0 Å². The van der Waals surface area contributed by atoms with Gasteiger partial charge in [0.25, 0.3) is 0 Å². The molecule has 0 unspecified atom stereocenters. The molecule has 0 fully saturated rings. The topological polar surface area (TPSA) is 44.5 Å². The molecule has 0 bridgehead atoms. The summed E-state index contributed by atoms with van der Waals surface area (Å²) in [5, 5.41) is 0. The molecular weight excluding hydrogens is 226 g/mol. The van der Waals surface area contributed by atoms with Crippen molar-refractivity contribution in [2.45, 2.75) is 13.2 Å². The second-order valence-electron chi connectivity index (χ2n) is 3.43. The van der Waals surface area contributed by atoms with Gasteiger partial charge in [-0.3, -0.25) is 0 Å². The summed E-state index contributed by atoms with van der Waals surface area (Å²) < 4.78 is 11.2. The third-order valence-corrected chi connectivity index (χ3v) is 2.09. The molecule has 18 heavy (non-hydrogen) atoms. The molecule has 2 N–H and O–H groups in total. The Hall–Kier alpha value is -2.00. The van der Waals surface area contributed by atoms with E-state index in [9.17, 15) is 0 Å². The zero-order valence-electron chi connectivity index (χ0n) is 10.7. The number of benzene rings is 2. The quantitative estimate of drug-likeness (QED) is 0.842. The van der Waals surface area contributed by atoms with Gasteiger partial charge >= 0.3 is 0 Å². The van der Waals surface area contributed by atoms with Crippen molar-refractivity contribution in [2.24, 2.45) is 5.73 Å². The van der Waals surface area contributed by atoms with Crippen LogP contribution in [-0.4, -0.2) is 13.3 Å². The van der Waals surface area contributed by atoms with E-state index < -0.39 is 0 Å². The molecule has 0 saturated heterocycles. The van der Waals surface area contributed by atoms with Gasteiger partial charge in [-0.15, -0.1) is 0 Å². The predicted octanol–water partition coefficient (Wildman–Crippen LogP) is 3.07. The summed E-state index contributed by atoms with van der Waals surface area (Å²) >= 11 is 0. The summed E-state index contributed by atoms with van der Waals surface area (Å²) in [5.41, 5.74) is 4.50. The lowest BCUT2D eigenvalue weighted by Crippen LogP contribution is -2.19. The standard InChI is InChI=1S/C14H14O2.CH5N/c1-12(15-13-8-4-2-5-9-13)16-14-10-6-3-7-11-14;1-2/h2-12H,1H3;2H2,1H3. The molecule has 0 aliphatic rings. The number of rotatable bonds is 4. The molecular formula is C15H19NO2. The molecule has 0 amide bonds. The van der Waals surface area contributed by atoms with Crippen LogP contribution < -0.4 is 15.2 Å². The Morgan fingerprint density at radius 2 is 1.06 bits per heavy atom. The number of hydrogen-bond acceptors (Lipinski definition) is 3. The van der Waals surface area contributed by atoms with Crippen molar-refractivity contribution in [3.63, 3.8) is 0 Å². The lowest BCUT2D eigenvalue weighted by atomic mass is 10.3. The third-order valence-electron chi connectivity index (χ3n) is 2.09. The molecule has 2 aromatic rings. The zero-order chi connectivity index (χ0) is 13.2. The first-order chi connectivity index (χ1) is 8.84. The van der Waals surface area contributed by atoms with Gasteiger partial charge in [0.05, 0.1) is 0 Å². The molecule has 3 heteroatoms. The maximum Gasteiger partial charge on any atom is 0.238 e. The number of hydrogen-bond donors (Lipinski definition) is 1. The minimum absolute atomic E-state index is 0.301. The molecule has 96 valence electrons. The minimum atomic E-state index is -0.301. The SMILES string of the molecule is CC(Oc1ccccc1)Oc1ccccc1.CN. The fraction of sp³-hybridized carbons (Fsp3) is 0.200. The molecule has 0 heterocycles. The van der Waals surface area contributed by atoms with E-state index in [1.54, 1.807) is 0 Å². The first-order valence-corrected chi connectivity index (χ1v) is 5.86. The van der Waals surface area contributed by atoms with Crippen LogP contribution in [-0.2, 0) is 0 Å². The highest BCUT2D eigenvalue weighted by Gasteiger charge is 2.04. The van der Waals surface area contributed by atoms with Crippen LogP contribution in [0, 0.1) is 0 Å². The Balaban J connectivity index is 0.000000771. The van der Waals surface area contributed by atoms with Crippen LogP contribution in [0.5, 0.6) is 11.5 Å². The van der Waals surface area contributed by atoms with Crippen LogP contribution in [0.4, 0.5) is 0 Å². The van der Waals surface area contributed by atoms with Crippen molar-refractivity contribution in [3.05, 3.63) is 60.7 Å². The Labute approximate surface area is 108 Å². The van der Waals surface area contributed by atoms with Crippen molar-refractivity contribution >= 4 is 0 Å². The lowest BCUT2D eigenvalue weighted by molar-refractivity contribution is 0.0223. The van der Waals surface area contributed by atoms with Gasteiger partial charge in [0.15, 0.2) is 0 Å². The van der Waals surface area contributed by atoms with Crippen molar-refractivity contribution in [1.29, 1.82) is 0 Å². The molecule has 0 aliphatic carbocycles. The van der Waals surface area contributed by atoms with Gasteiger partial charge in [-0.05, 0) is 31.3 Å². The highest BCUT2D eigenvalue weighted by atomic mass is 16.7. The van der Waals surface area contributed by atoms with E-state index in [1.165, 1.54) is 7.05 Å².